The van der Waals surface area contributed by atoms with E-state index in [4.69, 9.17) is 0 Å². The fourth-order valence-corrected chi connectivity index (χ4v) is 3.12. The second kappa shape index (κ2) is 6.98. The summed E-state index contributed by atoms with van der Waals surface area (Å²) < 4.78 is 0. The van der Waals surface area contributed by atoms with E-state index < -0.39 is 29.4 Å². The molecule has 2 amide bonds. The van der Waals surface area contributed by atoms with Gasteiger partial charge < -0.3 is 15.3 Å². The van der Waals surface area contributed by atoms with Crippen LogP contribution >= 0.6 is 0 Å². The van der Waals surface area contributed by atoms with Crippen molar-refractivity contribution in [1.29, 1.82) is 0 Å². The molecule has 0 bridgehead atoms. The number of para-hydroxylation sites is 1. The highest BCUT2D eigenvalue weighted by Crippen LogP contribution is 2.26. The van der Waals surface area contributed by atoms with E-state index in [-0.39, 0.29) is 11.6 Å². The van der Waals surface area contributed by atoms with Crippen molar-refractivity contribution < 1.29 is 19.5 Å². The average Bonchev–Trinajstić information content (AvgIpc) is 2.56. The number of hydrogen-bond acceptors (Lipinski definition) is 4. The third-order valence-electron chi connectivity index (χ3n) is 4.81. The first kappa shape index (κ1) is 18.8. The Morgan fingerprint density at radius 3 is 2.48 bits per heavy atom. The van der Waals surface area contributed by atoms with E-state index in [9.17, 15) is 19.5 Å². The molecule has 1 aromatic carbocycles. The first-order valence-corrected chi connectivity index (χ1v) is 8.88. The zero-order chi connectivity index (χ0) is 19.8. The summed E-state index contributed by atoms with van der Waals surface area (Å²) >= 11 is 0. The van der Waals surface area contributed by atoms with E-state index in [1.807, 2.05) is 45.0 Å². The highest BCUT2D eigenvalue weighted by atomic mass is 16.4. The molecule has 3 rings (SSSR count). The lowest BCUT2D eigenvalue weighted by Gasteiger charge is -2.42. The second-order valence-corrected chi connectivity index (χ2v) is 7.84. The molecule has 2 aromatic rings. The molecule has 1 fully saturated rings. The molecule has 0 aliphatic carbocycles. The van der Waals surface area contributed by atoms with Gasteiger partial charge in [0.05, 0.1) is 5.52 Å². The van der Waals surface area contributed by atoms with Gasteiger partial charge >= 0.3 is 5.97 Å². The predicted octanol–water partition coefficient (Wildman–Crippen LogP) is 2.06. The Morgan fingerprint density at radius 2 is 1.89 bits per heavy atom. The molecule has 7 nitrogen and oxygen atoms in total. The number of benzene rings is 1. The minimum Gasteiger partial charge on any atom is -0.480 e. The molecule has 0 radical (unpaired) electrons. The number of carbonyl (C=O) groups is 3. The lowest BCUT2D eigenvalue weighted by Crippen LogP contribution is -2.63. The summed E-state index contributed by atoms with van der Waals surface area (Å²) in [5.41, 5.74) is 0.328. The summed E-state index contributed by atoms with van der Waals surface area (Å²) in [6.45, 7) is 5.88. The highest BCUT2D eigenvalue weighted by molar-refractivity contribution is 5.98. The van der Waals surface area contributed by atoms with Crippen LogP contribution in [-0.4, -0.2) is 51.4 Å². The van der Waals surface area contributed by atoms with Crippen LogP contribution in [0.4, 0.5) is 0 Å². The van der Waals surface area contributed by atoms with Crippen molar-refractivity contribution in [2.45, 2.75) is 39.3 Å². The Hall–Kier alpha value is -2.96. The second-order valence-electron chi connectivity index (χ2n) is 7.84. The lowest BCUT2D eigenvalue weighted by molar-refractivity contribution is -0.159. The first-order chi connectivity index (χ1) is 12.7. The molecule has 0 saturated carbocycles. The molecule has 2 heterocycles. The average molecular weight is 369 g/mol. The molecule has 2 atom stereocenters. The van der Waals surface area contributed by atoms with E-state index in [0.29, 0.717) is 18.5 Å². The smallest absolute Gasteiger partial charge is 0.326 e. The number of nitrogens with one attached hydrogen (secondary N) is 1. The summed E-state index contributed by atoms with van der Waals surface area (Å²) in [7, 11) is 0. The van der Waals surface area contributed by atoms with Gasteiger partial charge in [-0.3, -0.25) is 9.59 Å². The zero-order valence-corrected chi connectivity index (χ0v) is 15.6. The summed E-state index contributed by atoms with van der Waals surface area (Å²) in [4.78, 5) is 42.5. The van der Waals surface area contributed by atoms with Gasteiger partial charge in [-0.15, -0.1) is 0 Å². The third-order valence-corrected chi connectivity index (χ3v) is 4.81. The molecule has 1 aromatic heterocycles. The molecular formula is C20H23N3O4. The van der Waals surface area contributed by atoms with Crippen molar-refractivity contribution in [3.63, 3.8) is 0 Å². The van der Waals surface area contributed by atoms with Crippen LogP contribution in [0.15, 0.2) is 36.4 Å². The van der Waals surface area contributed by atoms with Crippen LogP contribution in [0.2, 0.25) is 0 Å². The maximum atomic E-state index is 12.9. The van der Waals surface area contributed by atoms with Crippen LogP contribution in [0.5, 0.6) is 0 Å². The summed E-state index contributed by atoms with van der Waals surface area (Å²) in [6.07, 6.45) is 0.429. The number of hydrogen-bond donors (Lipinski definition) is 2. The number of likely N-dealkylation sites (tertiary alicyclic amines) is 1. The van der Waals surface area contributed by atoms with Crippen LogP contribution in [-0.2, 0) is 9.59 Å². The number of pyridine rings is 1. The maximum Gasteiger partial charge on any atom is 0.326 e. The first-order valence-electron chi connectivity index (χ1n) is 8.88. The number of carboxylic acid groups (broad SMARTS) is 1. The largest absolute Gasteiger partial charge is 0.480 e. The lowest BCUT2D eigenvalue weighted by atomic mass is 9.84. The Kier molecular flexibility index (Phi) is 4.87. The Morgan fingerprint density at radius 1 is 1.19 bits per heavy atom. The zero-order valence-electron chi connectivity index (χ0n) is 15.6. The van der Waals surface area contributed by atoms with Crippen LogP contribution < -0.4 is 5.32 Å². The van der Waals surface area contributed by atoms with E-state index in [0.717, 1.165) is 5.39 Å². The quantitative estimate of drug-likeness (QED) is 0.859. The molecule has 0 spiro atoms. The number of carboxylic acids is 1. The molecule has 1 saturated heterocycles. The van der Waals surface area contributed by atoms with Crippen LogP contribution in [0.3, 0.4) is 0 Å². The van der Waals surface area contributed by atoms with Crippen LogP contribution in [0.25, 0.3) is 10.9 Å². The number of amides is 2. The van der Waals surface area contributed by atoms with E-state index >= 15 is 0 Å². The van der Waals surface area contributed by atoms with Gasteiger partial charge in [0, 0.05) is 11.9 Å². The van der Waals surface area contributed by atoms with Gasteiger partial charge in [-0.25, -0.2) is 9.78 Å². The SMILES string of the molecule is CC(C)(C)[C@H](NC(=O)c1ccc2ccccc2n1)C(=O)N1CC[C@@H]1C(=O)O. The normalized spacial score (nSPS) is 17.9. The molecule has 2 N–H and O–H groups in total. The third kappa shape index (κ3) is 3.77. The maximum absolute atomic E-state index is 12.9. The molecule has 7 heteroatoms. The summed E-state index contributed by atoms with van der Waals surface area (Å²) in [6, 6.07) is 9.21. The minimum absolute atomic E-state index is 0.217. The van der Waals surface area contributed by atoms with Crippen LogP contribution in [0, 0.1) is 5.41 Å². The topological polar surface area (TPSA) is 99.6 Å². The summed E-state index contributed by atoms with van der Waals surface area (Å²) in [5.74, 6) is -1.86. The van der Waals surface area contributed by atoms with Crippen LogP contribution in [0.1, 0.15) is 37.7 Å². The molecular weight excluding hydrogens is 346 g/mol. The molecule has 0 unspecified atom stereocenters. The van der Waals surface area contributed by atoms with Gasteiger partial charge in [0.2, 0.25) is 5.91 Å². The Balaban J connectivity index is 1.82. The minimum atomic E-state index is -1.02. The molecule has 1 aliphatic rings. The standard InChI is InChI=1S/C20H23N3O4/c1-20(2,3)16(18(25)23-11-10-15(23)19(26)27)22-17(24)14-9-8-12-6-4-5-7-13(12)21-14/h4-9,15-16H,10-11H2,1-3H3,(H,22,24)(H,26,27)/t15-,16-/m1/s1. The fourth-order valence-electron chi connectivity index (χ4n) is 3.12. The van der Waals surface area contributed by atoms with Crippen molar-refractivity contribution in [3.8, 4) is 0 Å². The molecule has 142 valence electrons. The van der Waals surface area contributed by atoms with Gasteiger partial charge in [-0.2, -0.15) is 0 Å². The van der Waals surface area contributed by atoms with Crippen molar-refractivity contribution in [2.75, 3.05) is 6.54 Å². The van der Waals surface area contributed by atoms with E-state index in [1.54, 1.807) is 12.1 Å². The Bertz CT molecular complexity index is 903. The number of aromatic nitrogens is 1. The predicted molar refractivity (Wildman–Crippen MR) is 100 cm³/mol. The van der Waals surface area contributed by atoms with Gasteiger partial charge in [-0.05, 0) is 24.0 Å². The summed E-state index contributed by atoms with van der Waals surface area (Å²) in [5, 5.41) is 12.9. The van der Waals surface area contributed by atoms with Gasteiger partial charge in [0.1, 0.15) is 17.8 Å². The number of nitrogens with zero attached hydrogens (tertiary/aromatic N) is 2. The van der Waals surface area contributed by atoms with Gasteiger partial charge in [-0.1, -0.05) is 45.0 Å². The monoisotopic (exact) mass is 369 g/mol. The molecule has 27 heavy (non-hydrogen) atoms. The van der Waals surface area contributed by atoms with Crippen molar-refractivity contribution in [1.82, 2.24) is 15.2 Å². The van der Waals surface area contributed by atoms with E-state index in [2.05, 4.69) is 10.3 Å². The van der Waals surface area contributed by atoms with Gasteiger partial charge in [0.25, 0.3) is 5.91 Å². The van der Waals surface area contributed by atoms with Crippen molar-refractivity contribution in [2.24, 2.45) is 5.41 Å². The number of aliphatic carboxylic acids is 1. The van der Waals surface area contributed by atoms with Gasteiger partial charge in [0.15, 0.2) is 0 Å². The van der Waals surface area contributed by atoms with Crippen molar-refractivity contribution in [3.05, 3.63) is 42.1 Å². The van der Waals surface area contributed by atoms with E-state index in [1.165, 1.54) is 4.90 Å². The number of rotatable bonds is 4. The number of fused-ring (bicyclic) bond motifs is 1. The fraction of sp³-hybridized carbons (Fsp3) is 0.400. The molecule has 1 aliphatic heterocycles. The Labute approximate surface area is 157 Å². The van der Waals surface area contributed by atoms with Crippen molar-refractivity contribution >= 4 is 28.7 Å². The number of carbonyl (C=O) groups excluding carboxylic acids is 2. The highest BCUT2D eigenvalue weighted by Gasteiger charge is 2.44.